The Bertz CT molecular complexity index is 858. The lowest BCUT2D eigenvalue weighted by atomic mass is 10.1. The SMILES string of the molecule is NCc1ccc(Cn2ncc3ccccc3c2=O)c(F)c1. The van der Waals surface area contributed by atoms with E-state index in [1.165, 1.54) is 10.7 Å². The summed E-state index contributed by atoms with van der Waals surface area (Å²) in [5.74, 6) is -0.375. The van der Waals surface area contributed by atoms with Crippen LogP contribution in [0, 0.1) is 5.82 Å². The van der Waals surface area contributed by atoms with Crippen molar-refractivity contribution in [3.05, 3.63) is 76.0 Å². The fraction of sp³-hybridized carbons (Fsp3) is 0.125. The van der Waals surface area contributed by atoms with Crippen LogP contribution in [-0.2, 0) is 13.1 Å². The maximum Gasteiger partial charge on any atom is 0.274 e. The van der Waals surface area contributed by atoms with Gasteiger partial charge in [0.25, 0.3) is 5.56 Å². The molecule has 0 atom stereocenters. The minimum atomic E-state index is -0.375. The molecule has 0 aliphatic heterocycles. The Kier molecular flexibility index (Phi) is 3.50. The summed E-state index contributed by atoms with van der Waals surface area (Å²) < 4.78 is 15.2. The zero-order chi connectivity index (χ0) is 14.8. The van der Waals surface area contributed by atoms with Crippen LogP contribution in [-0.4, -0.2) is 9.78 Å². The molecule has 0 unspecified atom stereocenters. The van der Waals surface area contributed by atoms with E-state index in [0.29, 0.717) is 10.9 Å². The maximum atomic E-state index is 14.0. The van der Waals surface area contributed by atoms with Crippen LogP contribution < -0.4 is 11.3 Å². The minimum Gasteiger partial charge on any atom is -0.326 e. The fourth-order valence-corrected chi connectivity index (χ4v) is 2.25. The van der Waals surface area contributed by atoms with Crippen LogP contribution in [0.1, 0.15) is 11.1 Å². The molecule has 2 N–H and O–H groups in total. The van der Waals surface area contributed by atoms with E-state index in [4.69, 9.17) is 5.73 Å². The van der Waals surface area contributed by atoms with Crippen LogP contribution in [0.15, 0.2) is 53.5 Å². The molecule has 0 bridgehead atoms. The van der Waals surface area contributed by atoms with Gasteiger partial charge in [0.1, 0.15) is 5.82 Å². The lowest BCUT2D eigenvalue weighted by Crippen LogP contribution is -2.23. The average Bonchev–Trinajstić information content (AvgIpc) is 2.52. The van der Waals surface area contributed by atoms with E-state index in [1.54, 1.807) is 30.5 Å². The molecule has 1 aromatic heterocycles. The topological polar surface area (TPSA) is 60.9 Å². The molecule has 106 valence electrons. The molecule has 2 aromatic carbocycles. The van der Waals surface area contributed by atoms with E-state index >= 15 is 0 Å². The maximum absolute atomic E-state index is 14.0. The standard InChI is InChI=1S/C16H14FN3O/c17-15-7-11(8-18)5-6-13(15)10-20-16(21)14-4-2-1-3-12(14)9-19-20/h1-7,9H,8,10,18H2. The third-order valence-corrected chi connectivity index (χ3v) is 3.44. The fourth-order valence-electron chi connectivity index (χ4n) is 2.25. The van der Waals surface area contributed by atoms with Crippen LogP contribution in [0.3, 0.4) is 0 Å². The highest BCUT2D eigenvalue weighted by Crippen LogP contribution is 2.12. The second-order valence-electron chi connectivity index (χ2n) is 4.82. The highest BCUT2D eigenvalue weighted by atomic mass is 19.1. The Morgan fingerprint density at radius 3 is 2.76 bits per heavy atom. The second-order valence-corrected chi connectivity index (χ2v) is 4.82. The first-order valence-corrected chi connectivity index (χ1v) is 6.61. The molecule has 0 spiro atoms. The summed E-state index contributed by atoms with van der Waals surface area (Å²) in [6, 6.07) is 12.0. The van der Waals surface area contributed by atoms with Gasteiger partial charge in [-0.2, -0.15) is 5.10 Å². The predicted molar refractivity (Wildman–Crippen MR) is 79.4 cm³/mol. The molecule has 0 saturated heterocycles. The first kappa shape index (κ1) is 13.5. The monoisotopic (exact) mass is 283 g/mol. The van der Waals surface area contributed by atoms with Crippen molar-refractivity contribution >= 4 is 10.8 Å². The smallest absolute Gasteiger partial charge is 0.274 e. The van der Waals surface area contributed by atoms with E-state index in [2.05, 4.69) is 5.10 Å². The molecule has 0 aliphatic rings. The van der Waals surface area contributed by atoms with E-state index in [1.807, 2.05) is 12.1 Å². The molecule has 0 radical (unpaired) electrons. The first-order chi connectivity index (χ1) is 10.2. The van der Waals surface area contributed by atoms with Crippen molar-refractivity contribution in [2.24, 2.45) is 5.73 Å². The van der Waals surface area contributed by atoms with Crippen LogP contribution >= 0.6 is 0 Å². The third-order valence-electron chi connectivity index (χ3n) is 3.44. The van der Waals surface area contributed by atoms with Gasteiger partial charge in [-0.05, 0) is 17.7 Å². The van der Waals surface area contributed by atoms with Crippen molar-refractivity contribution in [3.8, 4) is 0 Å². The highest BCUT2D eigenvalue weighted by Gasteiger charge is 2.08. The Morgan fingerprint density at radius 2 is 2.00 bits per heavy atom. The Labute approximate surface area is 120 Å². The first-order valence-electron chi connectivity index (χ1n) is 6.61. The number of halogens is 1. The molecular weight excluding hydrogens is 269 g/mol. The summed E-state index contributed by atoms with van der Waals surface area (Å²) in [4.78, 5) is 12.3. The van der Waals surface area contributed by atoms with Gasteiger partial charge in [-0.15, -0.1) is 0 Å². The number of aromatic nitrogens is 2. The van der Waals surface area contributed by atoms with Gasteiger partial charge in [0, 0.05) is 17.5 Å². The van der Waals surface area contributed by atoms with Crippen LogP contribution in [0.25, 0.3) is 10.8 Å². The number of nitrogens with zero attached hydrogens (tertiary/aromatic N) is 2. The van der Waals surface area contributed by atoms with E-state index < -0.39 is 0 Å². The van der Waals surface area contributed by atoms with Crippen LogP contribution in [0.4, 0.5) is 4.39 Å². The number of benzene rings is 2. The molecule has 21 heavy (non-hydrogen) atoms. The largest absolute Gasteiger partial charge is 0.326 e. The summed E-state index contributed by atoms with van der Waals surface area (Å²) in [6.07, 6.45) is 1.61. The van der Waals surface area contributed by atoms with Crippen molar-refractivity contribution in [1.82, 2.24) is 9.78 Å². The quantitative estimate of drug-likeness (QED) is 0.800. The number of hydrogen-bond acceptors (Lipinski definition) is 3. The van der Waals surface area contributed by atoms with E-state index in [-0.39, 0.29) is 24.5 Å². The number of rotatable bonds is 3. The van der Waals surface area contributed by atoms with Gasteiger partial charge in [0.05, 0.1) is 18.1 Å². The molecule has 1 heterocycles. The number of hydrogen-bond donors (Lipinski definition) is 1. The molecular formula is C16H14FN3O. The summed E-state index contributed by atoms with van der Waals surface area (Å²) >= 11 is 0. The van der Waals surface area contributed by atoms with Crippen molar-refractivity contribution in [2.45, 2.75) is 13.1 Å². The van der Waals surface area contributed by atoms with Crippen molar-refractivity contribution in [3.63, 3.8) is 0 Å². The van der Waals surface area contributed by atoms with Crippen molar-refractivity contribution < 1.29 is 4.39 Å². The summed E-state index contributed by atoms with van der Waals surface area (Å²) in [6.45, 7) is 0.381. The lowest BCUT2D eigenvalue weighted by molar-refractivity contribution is 0.573. The van der Waals surface area contributed by atoms with Gasteiger partial charge >= 0.3 is 0 Å². The number of nitrogens with two attached hydrogens (primary N) is 1. The zero-order valence-electron chi connectivity index (χ0n) is 11.3. The summed E-state index contributed by atoms with van der Waals surface area (Å²) in [5, 5.41) is 5.45. The van der Waals surface area contributed by atoms with E-state index in [9.17, 15) is 9.18 Å². The van der Waals surface area contributed by atoms with Gasteiger partial charge in [0.15, 0.2) is 0 Å². The summed E-state index contributed by atoms with van der Waals surface area (Å²) in [7, 11) is 0. The molecule has 3 rings (SSSR count). The van der Waals surface area contributed by atoms with Gasteiger partial charge < -0.3 is 5.73 Å². The van der Waals surface area contributed by atoms with Gasteiger partial charge in [-0.1, -0.05) is 30.3 Å². The molecule has 0 amide bonds. The molecule has 3 aromatic rings. The van der Waals surface area contributed by atoms with Crippen molar-refractivity contribution in [1.29, 1.82) is 0 Å². The minimum absolute atomic E-state index is 0.0976. The Morgan fingerprint density at radius 1 is 1.19 bits per heavy atom. The molecule has 0 saturated carbocycles. The number of fused-ring (bicyclic) bond motifs is 1. The predicted octanol–water partition coefficient (Wildman–Crippen LogP) is 2.04. The van der Waals surface area contributed by atoms with Gasteiger partial charge in [-0.25, -0.2) is 9.07 Å². The molecule has 0 fully saturated rings. The third kappa shape index (κ3) is 2.55. The molecule has 5 heteroatoms. The average molecular weight is 283 g/mol. The zero-order valence-corrected chi connectivity index (χ0v) is 11.3. The van der Waals surface area contributed by atoms with Gasteiger partial charge in [0.2, 0.25) is 0 Å². The highest BCUT2D eigenvalue weighted by molar-refractivity contribution is 5.80. The van der Waals surface area contributed by atoms with E-state index in [0.717, 1.165) is 10.9 Å². The Hall–Kier alpha value is -2.53. The summed E-state index contributed by atoms with van der Waals surface area (Å²) in [5.41, 5.74) is 6.38. The van der Waals surface area contributed by atoms with Crippen molar-refractivity contribution in [2.75, 3.05) is 0 Å². The van der Waals surface area contributed by atoms with Gasteiger partial charge in [-0.3, -0.25) is 4.79 Å². The second kappa shape index (κ2) is 5.46. The normalized spacial score (nSPS) is 11.0. The lowest BCUT2D eigenvalue weighted by Gasteiger charge is -2.08. The molecule has 0 aliphatic carbocycles. The Balaban J connectivity index is 2.02. The van der Waals surface area contributed by atoms with Crippen LogP contribution in [0.2, 0.25) is 0 Å². The molecule has 4 nitrogen and oxygen atoms in total. The van der Waals surface area contributed by atoms with Crippen LogP contribution in [0.5, 0.6) is 0 Å².